The summed E-state index contributed by atoms with van der Waals surface area (Å²) in [6.45, 7) is 2.81. The van der Waals surface area contributed by atoms with E-state index < -0.39 is 0 Å². The van der Waals surface area contributed by atoms with Gasteiger partial charge in [0.15, 0.2) is 0 Å². The van der Waals surface area contributed by atoms with Gasteiger partial charge in [0.1, 0.15) is 5.75 Å². The Labute approximate surface area is 216 Å². The van der Waals surface area contributed by atoms with Crippen LogP contribution in [0.4, 0.5) is 17.3 Å². The lowest BCUT2D eigenvalue weighted by Gasteiger charge is -2.36. The average molecular weight is 493 g/mol. The Hall–Kier alpha value is -4.64. The van der Waals surface area contributed by atoms with Crippen LogP contribution in [0.25, 0.3) is 22.0 Å². The predicted octanol–water partition coefficient (Wildman–Crippen LogP) is 5.00. The standard InChI is InChI=1S/C29H28N6O2/c1-37-25-12-10-21(11-13-25)26-8-2-5-22-20-31-29(33-28(22)26)32-23-6-3-7-24(19-23)34-15-17-35(18-16-34)27(36)9-4-14-30/h2-3,5-8,10-13,19-20H,4,9,15-18H2,1H3,(H,31,32,33). The number of amides is 1. The van der Waals surface area contributed by atoms with E-state index in [1.807, 2.05) is 65.7 Å². The molecule has 37 heavy (non-hydrogen) atoms. The number of rotatable bonds is 7. The van der Waals surface area contributed by atoms with Gasteiger partial charge in [0.05, 0.1) is 18.7 Å². The SMILES string of the molecule is COc1ccc(-c2cccc3cnc(Nc4cccc(N5CCN(C(=O)CCC#N)CC5)c4)nc23)cc1. The number of nitriles is 1. The molecule has 2 heterocycles. The molecule has 8 nitrogen and oxygen atoms in total. The summed E-state index contributed by atoms with van der Waals surface area (Å²) in [6.07, 6.45) is 2.40. The molecule has 0 bridgehead atoms. The van der Waals surface area contributed by atoms with Crippen molar-refractivity contribution in [2.75, 3.05) is 43.5 Å². The number of para-hydroxylation sites is 1. The van der Waals surface area contributed by atoms with Crippen LogP contribution < -0.4 is 15.0 Å². The van der Waals surface area contributed by atoms with E-state index in [1.165, 1.54) is 0 Å². The molecule has 0 radical (unpaired) electrons. The van der Waals surface area contributed by atoms with Crippen molar-refractivity contribution in [1.82, 2.24) is 14.9 Å². The number of anilines is 3. The van der Waals surface area contributed by atoms with Crippen molar-refractivity contribution in [2.45, 2.75) is 12.8 Å². The first-order valence-electron chi connectivity index (χ1n) is 12.3. The number of hydrogen-bond acceptors (Lipinski definition) is 7. The third-order valence-corrected chi connectivity index (χ3v) is 6.56. The van der Waals surface area contributed by atoms with E-state index in [4.69, 9.17) is 15.0 Å². The lowest BCUT2D eigenvalue weighted by molar-refractivity contribution is -0.131. The number of methoxy groups -OCH3 is 1. The van der Waals surface area contributed by atoms with Crippen molar-refractivity contribution in [1.29, 1.82) is 5.26 Å². The minimum atomic E-state index is 0.0547. The summed E-state index contributed by atoms with van der Waals surface area (Å²) in [5.41, 5.74) is 4.93. The van der Waals surface area contributed by atoms with Crippen LogP contribution in [0.1, 0.15) is 12.8 Å². The Kier molecular flexibility index (Phi) is 7.13. The summed E-state index contributed by atoms with van der Waals surface area (Å²) in [7, 11) is 1.66. The van der Waals surface area contributed by atoms with Crippen molar-refractivity contribution in [3.05, 3.63) is 72.9 Å². The highest BCUT2D eigenvalue weighted by molar-refractivity contribution is 5.94. The minimum absolute atomic E-state index is 0.0547. The first-order chi connectivity index (χ1) is 18.1. The molecule has 1 amide bonds. The number of piperazine rings is 1. The maximum absolute atomic E-state index is 12.2. The summed E-state index contributed by atoms with van der Waals surface area (Å²) in [5.74, 6) is 1.39. The zero-order valence-corrected chi connectivity index (χ0v) is 20.7. The van der Waals surface area contributed by atoms with Gasteiger partial charge in [-0.05, 0) is 35.9 Å². The topological polar surface area (TPSA) is 94.4 Å². The maximum Gasteiger partial charge on any atom is 0.227 e. The number of nitrogens with zero attached hydrogens (tertiary/aromatic N) is 5. The molecular formula is C29H28N6O2. The molecule has 5 rings (SSSR count). The molecule has 0 saturated carbocycles. The van der Waals surface area contributed by atoms with Crippen LogP contribution in [-0.2, 0) is 4.79 Å². The Morgan fingerprint density at radius 3 is 2.59 bits per heavy atom. The second kappa shape index (κ2) is 11.0. The van der Waals surface area contributed by atoms with E-state index >= 15 is 0 Å². The second-order valence-corrected chi connectivity index (χ2v) is 8.87. The predicted molar refractivity (Wildman–Crippen MR) is 145 cm³/mol. The highest BCUT2D eigenvalue weighted by Gasteiger charge is 2.21. The summed E-state index contributed by atoms with van der Waals surface area (Å²) in [6, 6.07) is 24.2. The minimum Gasteiger partial charge on any atom is -0.497 e. The fraction of sp³-hybridized carbons (Fsp3) is 0.241. The highest BCUT2D eigenvalue weighted by Crippen LogP contribution is 2.30. The van der Waals surface area contributed by atoms with Crippen molar-refractivity contribution in [2.24, 2.45) is 0 Å². The van der Waals surface area contributed by atoms with Crippen LogP contribution in [0.15, 0.2) is 72.9 Å². The largest absolute Gasteiger partial charge is 0.497 e. The molecule has 186 valence electrons. The summed E-state index contributed by atoms with van der Waals surface area (Å²) in [4.78, 5) is 25.7. The lowest BCUT2D eigenvalue weighted by Crippen LogP contribution is -2.48. The number of ether oxygens (including phenoxy) is 1. The fourth-order valence-electron chi connectivity index (χ4n) is 4.56. The van der Waals surface area contributed by atoms with E-state index in [0.717, 1.165) is 52.2 Å². The molecule has 1 aromatic heterocycles. The molecule has 1 fully saturated rings. The second-order valence-electron chi connectivity index (χ2n) is 8.87. The molecule has 1 aliphatic heterocycles. The molecule has 0 spiro atoms. The summed E-state index contributed by atoms with van der Waals surface area (Å²) >= 11 is 0. The molecule has 0 unspecified atom stereocenters. The Bertz CT molecular complexity index is 1440. The van der Waals surface area contributed by atoms with E-state index in [1.54, 1.807) is 7.11 Å². The first-order valence-corrected chi connectivity index (χ1v) is 12.3. The van der Waals surface area contributed by atoms with Gasteiger partial charge in [0.2, 0.25) is 11.9 Å². The van der Waals surface area contributed by atoms with Gasteiger partial charge in [0.25, 0.3) is 0 Å². The maximum atomic E-state index is 12.2. The number of carbonyl (C=O) groups is 1. The van der Waals surface area contributed by atoms with Crippen molar-refractivity contribution >= 4 is 34.1 Å². The van der Waals surface area contributed by atoms with Crippen LogP contribution in [0.3, 0.4) is 0 Å². The molecule has 1 N–H and O–H groups in total. The third-order valence-electron chi connectivity index (χ3n) is 6.56. The van der Waals surface area contributed by atoms with Crippen molar-refractivity contribution in [3.8, 4) is 22.9 Å². The lowest BCUT2D eigenvalue weighted by atomic mass is 10.0. The average Bonchev–Trinajstić information content (AvgIpc) is 2.96. The highest BCUT2D eigenvalue weighted by atomic mass is 16.5. The van der Waals surface area contributed by atoms with Gasteiger partial charge in [-0.3, -0.25) is 4.79 Å². The molecular weight excluding hydrogens is 464 g/mol. The van der Waals surface area contributed by atoms with E-state index in [9.17, 15) is 4.79 Å². The molecule has 1 aliphatic rings. The number of nitrogens with one attached hydrogen (secondary N) is 1. The van der Waals surface area contributed by atoms with Crippen LogP contribution in [-0.4, -0.2) is 54.1 Å². The third kappa shape index (κ3) is 5.46. The van der Waals surface area contributed by atoms with E-state index in [0.29, 0.717) is 25.5 Å². The fourth-order valence-corrected chi connectivity index (χ4v) is 4.56. The van der Waals surface area contributed by atoms with Gasteiger partial charge in [-0.2, -0.15) is 5.26 Å². The van der Waals surface area contributed by atoms with Gasteiger partial charge in [0, 0.05) is 67.5 Å². The molecule has 8 heteroatoms. The Morgan fingerprint density at radius 2 is 1.84 bits per heavy atom. The van der Waals surface area contributed by atoms with Gasteiger partial charge >= 0.3 is 0 Å². The van der Waals surface area contributed by atoms with Crippen molar-refractivity contribution in [3.63, 3.8) is 0 Å². The normalized spacial score (nSPS) is 13.3. The van der Waals surface area contributed by atoms with Gasteiger partial charge in [-0.15, -0.1) is 0 Å². The molecule has 3 aromatic carbocycles. The number of hydrogen-bond donors (Lipinski definition) is 1. The number of carbonyl (C=O) groups excluding carboxylic acids is 1. The Balaban J connectivity index is 1.32. The molecule has 0 aliphatic carbocycles. The Morgan fingerprint density at radius 1 is 1.05 bits per heavy atom. The molecule has 0 atom stereocenters. The number of fused-ring (bicyclic) bond motifs is 1. The van der Waals surface area contributed by atoms with Crippen LogP contribution in [0.5, 0.6) is 5.75 Å². The zero-order valence-electron chi connectivity index (χ0n) is 20.7. The first kappa shape index (κ1) is 24.1. The molecule has 4 aromatic rings. The van der Waals surface area contributed by atoms with Crippen LogP contribution >= 0.6 is 0 Å². The summed E-state index contributed by atoms with van der Waals surface area (Å²) in [5, 5.41) is 13.0. The summed E-state index contributed by atoms with van der Waals surface area (Å²) < 4.78 is 5.29. The monoisotopic (exact) mass is 492 g/mol. The van der Waals surface area contributed by atoms with E-state index in [-0.39, 0.29) is 12.3 Å². The smallest absolute Gasteiger partial charge is 0.227 e. The van der Waals surface area contributed by atoms with Gasteiger partial charge in [-0.1, -0.05) is 36.4 Å². The quantitative estimate of drug-likeness (QED) is 0.388. The molecule has 1 saturated heterocycles. The van der Waals surface area contributed by atoms with Crippen LogP contribution in [0.2, 0.25) is 0 Å². The number of aromatic nitrogens is 2. The van der Waals surface area contributed by atoms with Crippen LogP contribution in [0, 0.1) is 11.3 Å². The van der Waals surface area contributed by atoms with Gasteiger partial charge in [-0.25, -0.2) is 9.97 Å². The van der Waals surface area contributed by atoms with Gasteiger partial charge < -0.3 is 19.9 Å². The van der Waals surface area contributed by atoms with E-state index in [2.05, 4.69) is 33.4 Å². The zero-order chi connectivity index (χ0) is 25.6. The number of benzene rings is 3. The van der Waals surface area contributed by atoms with Crippen molar-refractivity contribution < 1.29 is 9.53 Å².